The molecule has 1 fully saturated rings. The van der Waals surface area contributed by atoms with Crippen molar-refractivity contribution in [1.82, 2.24) is 5.32 Å². The van der Waals surface area contributed by atoms with Crippen LogP contribution in [0.3, 0.4) is 0 Å². The SMILES string of the molecule is C1=CCC2OC3C(c4ccccc4C4=CC(c5ccc6c(ccc7ccccc76)c5)NC(c5ccccc5)=N4)=CC=CC3C3(C2=C1)c1ccccc1-c1ccccc13. The summed E-state index contributed by atoms with van der Waals surface area (Å²) >= 11 is 0. The van der Waals surface area contributed by atoms with Crippen LogP contribution in [0.5, 0.6) is 0 Å². The molecule has 2 heterocycles. The smallest absolute Gasteiger partial charge is 0.134 e. The normalized spacial score (nSPS) is 22.2. The first-order chi connectivity index (χ1) is 28.8. The molecule has 1 N–H and O–H groups in total. The van der Waals surface area contributed by atoms with Crippen LogP contribution in [0.1, 0.15) is 45.8 Å². The highest BCUT2D eigenvalue weighted by molar-refractivity contribution is 6.08. The number of allylic oxidation sites excluding steroid dienone is 4. The van der Waals surface area contributed by atoms with E-state index in [4.69, 9.17) is 9.73 Å². The Morgan fingerprint density at radius 2 is 1.29 bits per heavy atom. The summed E-state index contributed by atoms with van der Waals surface area (Å²) in [6.07, 6.45) is 16.8. The van der Waals surface area contributed by atoms with Crippen LogP contribution >= 0.6 is 0 Å². The summed E-state index contributed by atoms with van der Waals surface area (Å²) in [5.74, 6) is 0.911. The van der Waals surface area contributed by atoms with Gasteiger partial charge in [0.25, 0.3) is 0 Å². The van der Waals surface area contributed by atoms with Crippen LogP contribution in [0.15, 0.2) is 211 Å². The maximum atomic E-state index is 7.37. The summed E-state index contributed by atoms with van der Waals surface area (Å²) < 4.78 is 7.37. The average Bonchev–Trinajstić information content (AvgIpc) is 3.59. The topological polar surface area (TPSA) is 33.6 Å². The van der Waals surface area contributed by atoms with Crippen molar-refractivity contribution in [2.75, 3.05) is 0 Å². The molecule has 0 amide bonds. The number of nitrogens with zero attached hydrogens (tertiary/aromatic N) is 1. The Balaban J connectivity index is 1.00. The molecule has 3 heteroatoms. The fraction of sp³-hybridized carbons (Fsp3) is 0.109. The quantitative estimate of drug-likeness (QED) is 0.182. The van der Waals surface area contributed by atoms with Crippen LogP contribution in [-0.2, 0) is 10.2 Å². The number of nitrogens with one attached hydrogen (secondary N) is 1. The van der Waals surface area contributed by atoms with Gasteiger partial charge in [-0.3, -0.25) is 0 Å². The van der Waals surface area contributed by atoms with E-state index in [1.807, 2.05) is 0 Å². The van der Waals surface area contributed by atoms with Crippen LogP contribution < -0.4 is 5.32 Å². The summed E-state index contributed by atoms with van der Waals surface area (Å²) in [4.78, 5) is 5.42. The molecule has 58 heavy (non-hydrogen) atoms. The first-order valence-electron chi connectivity index (χ1n) is 20.5. The van der Waals surface area contributed by atoms with Crippen molar-refractivity contribution in [2.24, 2.45) is 10.9 Å². The predicted octanol–water partition coefficient (Wildman–Crippen LogP) is 12.3. The molecule has 4 atom stereocenters. The monoisotopic (exact) mass is 744 g/mol. The molecule has 276 valence electrons. The third-order valence-corrected chi connectivity index (χ3v) is 13.1. The molecule has 7 aromatic rings. The second-order valence-electron chi connectivity index (χ2n) is 16.1. The number of benzene rings is 7. The molecule has 0 saturated carbocycles. The molecule has 2 aliphatic heterocycles. The molecule has 1 saturated heterocycles. The minimum Gasteiger partial charge on any atom is -0.365 e. The Hall–Kier alpha value is -6.81. The minimum absolute atomic E-state index is 0.0391. The van der Waals surface area contributed by atoms with Gasteiger partial charge < -0.3 is 10.1 Å². The number of hydrogen-bond acceptors (Lipinski definition) is 3. The van der Waals surface area contributed by atoms with Gasteiger partial charge in [0.1, 0.15) is 5.84 Å². The van der Waals surface area contributed by atoms with E-state index < -0.39 is 0 Å². The van der Waals surface area contributed by atoms with Gasteiger partial charge in [-0.05, 0) is 84.6 Å². The number of fused-ring (bicyclic) bond motifs is 12. The Morgan fingerprint density at radius 3 is 2.12 bits per heavy atom. The molecule has 4 unspecified atom stereocenters. The summed E-state index contributed by atoms with van der Waals surface area (Å²) in [7, 11) is 0. The zero-order valence-corrected chi connectivity index (χ0v) is 31.9. The molecule has 5 aliphatic rings. The van der Waals surface area contributed by atoms with Gasteiger partial charge in [0.15, 0.2) is 0 Å². The van der Waals surface area contributed by atoms with Gasteiger partial charge in [0.2, 0.25) is 0 Å². The van der Waals surface area contributed by atoms with E-state index in [1.54, 1.807) is 0 Å². The Kier molecular flexibility index (Phi) is 7.55. The van der Waals surface area contributed by atoms with E-state index >= 15 is 0 Å². The number of aliphatic imine (C=N–C) groups is 1. The van der Waals surface area contributed by atoms with Crippen LogP contribution in [-0.4, -0.2) is 18.0 Å². The minimum atomic E-state index is -0.352. The van der Waals surface area contributed by atoms with Crippen molar-refractivity contribution < 1.29 is 4.74 Å². The molecule has 1 spiro atoms. The zero-order valence-electron chi connectivity index (χ0n) is 31.9. The maximum Gasteiger partial charge on any atom is 0.134 e. The number of ether oxygens (including phenoxy) is 1. The standard InChI is InChI=1S/C55H40N2O/c1-2-16-36(17-3-1)54-56-50(38-31-32-40-37(33-38)30-29-35-15-4-5-18-39(35)40)34-51(57-54)44-22-7-6-19-41(44)45-23-14-27-49-53(45)58-52-28-13-12-26-48(52)55(49)46-24-10-8-20-42(46)43-21-9-11-25-47(43)55/h1-27,29-34,49-50,52-53H,28H2,(H,56,57). The highest BCUT2D eigenvalue weighted by Crippen LogP contribution is 2.63. The van der Waals surface area contributed by atoms with Crippen LogP contribution in [0.4, 0.5) is 0 Å². The highest BCUT2D eigenvalue weighted by atomic mass is 16.5. The largest absolute Gasteiger partial charge is 0.365 e. The maximum absolute atomic E-state index is 7.37. The van der Waals surface area contributed by atoms with Crippen molar-refractivity contribution in [2.45, 2.75) is 30.1 Å². The fourth-order valence-electron chi connectivity index (χ4n) is 10.7. The van der Waals surface area contributed by atoms with Gasteiger partial charge in [0, 0.05) is 17.0 Å². The van der Waals surface area contributed by atoms with Crippen LogP contribution in [0, 0.1) is 5.92 Å². The van der Waals surface area contributed by atoms with E-state index in [2.05, 4.69) is 206 Å². The molecule has 0 bridgehead atoms. The summed E-state index contributed by atoms with van der Waals surface area (Å²) in [5, 5.41) is 8.85. The Bertz CT molecular complexity index is 2970. The van der Waals surface area contributed by atoms with Gasteiger partial charge in [-0.25, -0.2) is 4.99 Å². The fourth-order valence-corrected chi connectivity index (χ4v) is 10.7. The third kappa shape index (κ3) is 4.93. The summed E-state index contributed by atoms with van der Waals surface area (Å²) in [5.41, 5.74) is 13.1. The first-order valence-corrected chi connectivity index (χ1v) is 20.5. The van der Waals surface area contributed by atoms with E-state index in [9.17, 15) is 0 Å². The Morgan fingerprint density at radius 1 is 0.603 bits per heavy atom. The first kappa shape index (κ1) is 33.3. The molecule has 7 aromatic carbocycles. The van der Waals surface area contributed by atoms with Gasteiger partial charge >= 0.3 is 0 Å². The van der Waals surface area contributed by atoms with Gasteiger partial charge in [-0.1, -0.05) is 188 Å². The lowest BCUT2D eigenvalue weighted by atomic mass is 9.56. The number of hydrogen-bond donors (Lipinski definition) is 1. The van der Waals surface area contributed by atoms with Gasteiger partial charge in [0.05, 0.1) is 29.4 Å². The van der Waals surface area contributed by atoms with E-state index in [1.165, 1.54) is 60.5 Å². The third-order valence-electron chi connectivity index (χ3n) is 13.1. The van der Waals surface area contributed by atoms with Crippen LogP contribution in [0.2, 0.25) is 0 Å². The van der Waals surface area contributed by atoms with E-state index in [-0.39, 0.29) is 29.6 Å². The van der Waals surface area contributed by atoms with Crippen molar-refractivity contribution in [3.63, 3.8) is 0 Å². The molecule has 0 aromatic heterocycles. The molecular weight excluding hydrogens is 705 g/mol. The van der Waals surface area contributed by atoms with Crippen LogP contribution in [0.25, 0.3) is 43.9 Å². The lowest BCUT2D eigenvalue weighted by Gasteiger charge is -2.53. The summed E-state index contributed by atoms with van der Waals surface area (Å²) in [6, 6.07) is 57.3. The van der Waals surface area contributed by atoms with Crippen molar-refractivity contribution in [3.8, 4) is 11.1 Å². The molecule has 12 rings (SSSR count). The lowest BCUT2D eigenvalue weighted by molar-refractivity contribution is -0.0300. The molecule has 0 radical (unpaired) electrons. The van der Waals surface area contributed by atoms with E-state index in [0.29, 0.717) is 0 Å². The zero-order chi connectivity index (χ0) is 38.2. The second kappa shape index (κ2) is 13.1. The van der Waals surface area contributed by atoms with E-state index in [0.717, 1.165) is 34.6 Å². The van der Waals surface area contributed by atoms with Gasteiger partial charge in [-0.15, -0.1) is 0 Å². The lowest BCUT2D eigenvalue weighted by Crippen LogP contribution is -2.53. The molecular formula is C55H40N2O. The molecule has 3 aliphatic carbocycles. The average molecular weight is 745 g/mol. The van der Waals surface area contributed by atoms with Crippen molar-refractivity contribution in [1.29, 1.82) is 0 Å². The van der Waals surface area contributed by atoms with Gasteiger partial charge in [-0.2, -0.15) is 0 Å². The predicted molar refractivity (Wildman–Crippen MR) is 238 cm³/mol. The van der Waals surface area contributed by atoms with Crippen molar-refractivity contribution >= 4 is 38.7 Å². The van der Waals surface area contributed by atoms with Crippen molar-refractivity contribution in [3.05, 3.63) is 239 Å². The second-order valence-corrected chi connectivity index (χ2v) is 16.1. The summed E-state index contributed by atoms with van der Waals surface area (Å²) in [6.45, 7) is 0. The Labute approximate surface area is 338 Å². The number of amidine groups is 1. The number of rotatable bonds is 4. The molecule has 3 nitrogen and oxygen atoms in total. The highest BCUT2D eigenvalue weighted by Gasteiger charge is 2.59.